The van der Waals surface area contributed by atoms with E-state index in [1.165, 1.54) is 12.1 Å². The molecule has 2 aromatic rings. The number of hydrogen-bond donors (Lipinski definition) is 1. The Morgan fingerprint density at radius 2 is 2.15 bits per heavy atom. The lowest BCUT2D eigenvalue weighted by Gasteiger charge is -2.05. The zero-order chi connectivity index (χ0) is 14.5. The van der Waals surface area contributed by atoms with E-state index in [0.29, 0.717) is 5.69 Å². The first kappa shape index (κ1) is 14.0. The van der Waals surface area contributed by atoms with Crippen LogP contribution in [0.2, 0.25) is 5.02 Å². The molecule has 0 aliphatic rings. The molecule has 1 N–H and O–H groups in total. The Kier molecular flexibility index (Phi) is 4.27. The predicted molar refractivity (Wildman–Crippen MR) is 73.5 cm³/mol. The van der Waals surface area contributed by atoms with Crippen LogP contribution < -0.4 is 5.32 Å². The molecule has 0 saturated heterocycles. The second-order valence-electron chi connectivity index (χ2n) is 3.93. The van der Waals surface area contributed by atoms with E-state index in [-0.39, 0.29) is 22.8 Å². The Hall–Kier alpha value is -2.47. The SMILES string of the molecule is O=C(NCc1ccccn1)c1ccc(Cl)c([N+](=O)[O-])c1. The second kappa shape index (κ2) is 6.12. The lowest BCUT2D eigenvalue weighted by molar-refractivity contribution is -0.384. The standard InChI is InChI=1S/C13H10ClN3O3/c14-11-5-4-9(7-12(11)17(19)20)13(18)16-8-10-3-1-2-6-15-10/h1-7H,8H2,(H,16,18). The van der Waals surface area contributed by atoms with Gasteiger partial charge >= 0.3 is 0 Å². The molecular formula is C13H10ClN3O3. The Morgan fingerprint density at radius 1 is 1.35 bits per heavy atom. The van der Waals surface area contributed by atoms with Crippen LogP contribution >= 0.6 is 11.6 Å². The Labute approximate surface area is 119 Å². The van der Waals surface area contributed by atoms with Gasteiger partial charge in [-0.25, -0.2) is 0 Å². The summed E-state index contributed by atoms with van der Waals surface area (Å²) in [4.78, 5) is 26.1. The maximum atomic E-state index is 11.9. The fourth-order valence-corrected chi connectivity index (χ4v) is 1.76. The summed E-state index contributed by atoms with van der Waals surface area (Å²) in [6, 6.07) is 9.26. The minimum Gasteiger partial charge on any atom is -0.346 e. The van der Waals surface area contributed by atoms with E-state index in [0.717, 1.165) is 6.07 Å². The first-order valence-corrected chi connectivity index (χ1v) is 6.08. The minimum atomic E-state index is -0.627. The Morgan fingerprint density at radius 3 is 2.80 bits per heavy atom. The molecule has 0 aliphatic heterocycles. The van der Waals surface area contributed by atoms with E-state index >= 15 is 0 Å². The summed E-state index contributed by atoms with van der Waals surface area (Å²) >= 11 is 5.69. The van der Waals surface area contributed by atoms with Crippen LogP contribution in [0.3, 0.4) is 0 Å². The summed E-state index contributed by atoms with van der Waals surface area (Å²) in [7, 11) is 0. The zero-order valence-corrected chi connectivity index (χ0v) is 11.0. The topological polar surface area (TPSA) is 85.1 Å². The Balaban J connectivity index is 2.10. The van der Waals surface area contributed by atoms with Crippen LogP contribution in [0.5, 0.6) is 0 Å². The number of carbonyl (C=O) groups excluding carboxylic acids is 1. The van der Waals surface area contributed by atoms with Gasteiger partial charge in [0.25, 0.3) is 11.6 Å². The number of halogens is 1. The van der Waals surface area contributed by atoms with Crippen molar-refractivity contribution in [1.82, 2.24) is 10.3 Å². The number of nitrogens with zero attached hydrogens (tertiary/aromatic N) is 2. The first-order valence-electron chi connectivity index (χ1n) is 5.70. The van der Waals surface area contributed by atoms with Gasteiger partial charge in [-0.15, -0.1) is 0 Å². The highest BCUT2D eigenvalue weighted by molar-refractivity contribution is 6.32. The third-order valence-corrected chi connectivity index (χ3v) is 2.88. The molecule has 1 aromatic heterocycles. The summed E-state index contributed by atoms with van der Waals surface area (Å²) in [5.41, 5.74) is 0.582. The molecule has 6 nitrogen and oxygen atoms in total. The molecule has 0 bridgehead atoms. The number of hydrogen-bond acceptors (Lipinski definition) is 4. The maximum Gasteiger partial charge on any atom is 0.288 e. The van der Waals surface area contributed by atoms with Crippen LogP contribution in [0.25, 0.3) is 0 Å². The average molecular weight is 292 g/mol. The normalized spacial score (nSPS) is 10.1. The molecule has 0 spiro atoms. The molecule has 0 aliphatic carbocycles. The zero-order valence-electron chi connectivity index (χ0n) is 10.2. The van der Waals surface area contributed by atoms with Gasteiger partial charge in [-0.1, -0.05) is 17.7 Å². The van der Waals surface area contributed by atoms with Crippen LogP contribution in [0, 0.1) is 10.1 Å². The lowest BCUT2D eigenvalue weighted by atomic mass is 10.2. The monoisotopic (exact) mass is 291 g/mol. The molecule has 0 radical (unpaired) electrons. The van der Waals surface area contributed by atoms with E-state index in [2.05, 4.69) is 10.3 Å². The number of nitro groups is 1. The van der Waals surface area contributed by atoms with E-state index in [9.17, 15) is 14.9 Å². The highest BCUT2D eigenvalue weighted by Gasteiger charge is 2.16. The molecule has 20 heavy (non-hydrogen) atoms. The molecule has 1 amide bonds. The van der Waals surface area contributed by atoms with Crippen molar-refractivity contribution in [3.63, 3.8) is 0 Å². The summed E-state index contributed by atoms with van der Waals surface area (Å²) in [5.74, 6) is -0.421. The Bertz CT molecular complexity index is 647. The largest absolute Gasteiger partial charge is 0.346 e. The minimum absolute atomic E-state index is 0.00345. The highest BCUT2D eigenvalue weighted by atomic mass is 35.5. The molecule has 0 unspecified atom stereocenters. The summed E-state index contributed by atoms with van der Waals surface area (Å²) in [6.07, 6.45) is 1.62. The van der Waals surface area contributed by atoms with E-state index in [1.807, 2.05) is 6.07 Å². The van der Waals surface area contributed by atoms with Crippen LogP contribution in [0.4, 0.5) is 5.69 Å². The molecule has 0 saturated carbocycles. The molecule has 1 aromatic carbocycles. The second-order valence-corrected chi connectivity index (χ2v) is 4.33. The molecule has 102 valence electrons. The van der Waals surface area contributed by atoms with E-state index < -0.39 is 10.8 Å². The van der Waals surface area contributed by atoms with E-state index in [4.69, 9.17) is 11.6 Å². The summed E-state index contributed by atoms with van der Waals surface area (Å²) in [5, 5.41) is 13.4. The smallest absolute Gasteiger partial charge is 0.288 e. The molecule has 0 atom stereocenters. The summed E-state index contributed by atoms with van der Waals surface area (Å²) < 4.78 is 0. The fraction of sp³-hybridized carbons (Fsp3) is 0.0769. The number of aromatic nitrogens is 1. The van der Waals surface area contributed by atoms with Crippen molar-refractivity contribution in [3.05, 3.63) is 69.0 Å². The number of nitro benzene ring substituents is 1. The number of benzene rings is 1. The van der Waals surface area contributed by atoms with Crippen LogP contribution in [-0.2, 0) is 6.54 Å². The van der Waals surface area contributed by atoms with Gasteiger partial charge in [0.15, 0.2) is 0 Å². The number of amides is 1. The van der Waals surface area contributed by atoms with Crippen molar-refractivity contribution < 1.29 is 9.72 Å². The fourth-order valence-electron chi connectivity index (χ4n) is 1.57. The van der Waals surface area contributed by atoms with Crippen LogP contribution in [-0.4, -0.2) is 15.8 Å². The predicted octanol–water partition coefficient (Wildman–Crippen LogP) is 2.57. The average Bonchev–Trinajstić information content (AvgIpc) is 2.46. The van der Waals surface area contributed by atoms with Gasteiger partial charge in [0.2, 0.25) is 0 Å². The highest BCUT2D eigenvalue weighted by Crippen LogP contribution is 2.24. The number of rotatable bonds is 4. The third-order valence-electron chi connectivity index (χ3n) is 2.56. The first-order chi connectivity index (χ1) is 9.58. The number of carbonyl (C=O) groups is 1. The van der Waals surface area contributed by atoms with Crippen LogP contribution in [0.15, 0.2) is 42.6 Å². The van der Waals surface area contributed by atoms with Crippen molar-refractivity contribution in [3.8, 4) is 0 Å². The van der Waals surface area contributed by atoms with Crippen molar-refractivity contribution in [2.24, 2.45) is 0 Å². The molecule has 1 heterocycles. The molecule has 0 fully saturated rings. The van der Waals surface area contributed by atoms with Crippen LogP contribution in [0.1, 0.15) is 16.1 Å². The number of nitrogens with one attached hydrogen (secondary N) is 1. The van der Waals surface area contributed by atoms with Gasteiger partial charge in [-0.2, -0.15) is 0 Å². The lowest BCUT2D eigenvalue weighted by Crippen LogP contribution is -2.23. The van der Waals surface area contributed by atoms with Gasteiger partial charge in [0.05, 0.1) is 17.2 Å². The van der Waals surface area contributed by atoms with Gasteiger partial charge in [0, 0.05) is 17.8 Å². The molecule has 2 rings (SSSR count). The van der Waals surface area contributed by atoms with Crippen molar-refractivity contribution >= 4 is 23.2 Å². The van der Waals surface area contributed by atoms with Crippen molar-refractivity contribution in [2.45, 2.75) is 6.54 Å². The van der Waals surface area contributed by atoms with Gasteiger partial charge in [0.1, 0.15) is 5.02 Å². The van der Waals surface area contributed by atoms with Gasteiger partial charge in [-0.3, -0.25) is 19.9 Å². The molecular weight excluding hydrogens is 282 g/mol. The number of pyridine rings is 1. The van der Waals surface area contributed by atoms with Crippen molar-refractivity contribution in [1.29, 1.82) is 0 Å². The van der Waals surface area contributed by atoms with Gasteiger partial charge < -0.3 is 5.32 Å². The van der Waals surface area contributed by atoms with E-state index in [1.54, 1.807) is 18.3 Å². The maximum absolute atomic E-state index is 11.9. The van der Waals surface area contributed by atoms with Crippen molar-refractivity contribution in [2.75, 3.05) is 0 Å². The third kappa shape index (κ3) is 3.30. The summed E-state index contributed by atoms with van der Waals surface area (Å²) in [6.45, 7) is 0.246. The van der Waals surface area contributed by atoms with Gasteiger partial charge in [-0.05, 0) is 24.3 Å². The molecule has 7 heteroatoms. The quantitative estimate of drug-likeness (QED) is 0.693.